The minimum absolute atomic E-state index is 0.00560. The summed E-state index contributed by atoms with van der Waals surface area (Å²) in [7, 11) is 0. The van der Waals surface area contributed by atoms with Gasteiger partial charge in [0, 0.05) is 18.2 Å². The summed E-state index contributed by atoms with van der Waals surface area (Å²) in [6.07, 6.45) is 4.60. The van der Waals surface area contributed by atoms with Crippen molar-refractivity contribution in [1.29, 1.82) is 0 Å². The van der Waals surface area contributed by atoms with E-state index in [4.69, 9.17) is 5.73 Å². The van der Waals surface area contributed by atoms with Gasteiger partial charge in [-0.3, -0.25) is 4.79 Å². The van der Waals surface area contributed by atoms with Gasteiger partial charge in [0.15, 0.2) is 0 Å². The third-order valence-electron chi connectivity index (χ3n) is 3.43. The van der Waals surface area contributed by atoms with E-state index in [0.717, 1.165) is 24.4 Å². The molecule has 0 spiro atoms. The molecule has 0 aliphatic heterocycles. The monoisotopic (exact) mass is 265 g/mol. The Morgan fingerprint density at radius 3 is 2.67 bits per heavy atom. The van der Waals surface area contributed by atoms with Crippen molar-refractivity contribution < 1.29 is 4.79 Å². The Morgan fingerprint density at radius 2 is 2.11 bits per heavy atom. The summed E-state index contributed by atoms with van der Waals surface area (Å²) in [6.45, 7) is 2.93. The summed E-state index contributed by atoms with van der Waals surface area (Å²) >= 11 is 1.51. The minimum Gasteiger partial charge on any atom is -0.397 e. The number of hydrogen-bond donors (Lipinski definition) is 3. The highest BCUT2D eigenvalue weighted by Crippen LogP contribution is 2.50. The lowest BCUT2D eigenvalue weighted by Crippen LogP contribution is -2.25. The maximum atomic E-state index is 12.1. The van der Waals surface area contributed by atoms with Crippen LogP contribution in [0.4, 0.5) is 10.7 Å². The number of rotatable bonds is 5. The SMILES string of the molecule is CCNc1sc(C(=O)NC2CC2)c(N)c1C1CC1. The average molecular weight is 265 g/mol. The molecule has 4 nitrogen and oxygen atoms in total. The highest BCUT2D eigenvalue weighted by molar-refractivity contribution is 7.18. The lowest BCUT2D eigenvalue weighted by Gasteiger charge is -2.04. The van der Waals surface area contributed by atoms with Gasteiger partial charge in [0.25, 0.3) is 5.91 Å². The molecule has 18 heavy (non-hydrogen) atoms. The van der Waals surface area contributed by atoms with Crippen molar-refractivity contribution in [3.8, 4) is 0 Å². The van der Waals surface area contributed by atoms with E-state index in [1.54, 1.807) is 0 Å². The molecular weight excluding hydrogens is 246 g/mol. The van der Waals surface area contributed by atoms with Crippen molar-refractivity contribution in [1.82, 2.24) is 5.32 Å². The second kappa shape index (κ2) is 4.46. The van der Waals surface area contributed by atoms with Gasteiger partial charge in [-0.15, -0.1) is 11.3 Å². The van der Waals surface area contributed by atoms with Gasteiger partial charge in [0.2, 0.25) is 0 Å². The molecule has 2 aliphatic carbocycles. The van der Waals surface area contributed by atoms with Gasteiger partial charge in [0.05, 0.1) is 10.7 Å². The Kier molecular flexibility index (Phi) is 2.93. The van der Waals surface area contributed by atoms with Gasteiger partial charge in [-0.05, 0) is 38.5 Å². The second-order valence-electron chi connectivity index (χ2n) is 5.14. The maximum Gasteiger partial charge on any atom is 0.263 e. The maximum absolute atomic E-state index is 12.1. The Labute approximate surface area is 111 Å². The Morgan fingerprint density at radius 1 is 1.39 bits per heavy atom. The number of nitrogens with one attached hydrogen (secondary N) is 2. The quantitative estimate of drug-likeness (QED) is 0.766. The number of thiophene rings is 1. The van der Waals surface area contributed by atoms with Crippen molar-refractivity contribution in [2.24, 2.45) is 0 Å². The minimum atomic E-state index is 0.00560. The third kappa shape index (κ3) is 2.19. The fourth-order valence-electron chi connectivity index (χ4n) is 2.17. The van der Waals surface area contributed by atoms with Gasteiger partial charge in [-0.25, -0.2) is 0 Å². The first-order chi connectivity index (χ1) is 8.70. The highest BCUT2D eigenvalue weighted by atomic mass is 32.1. The van der Waals surface area contributed by atoms with Crippen LogP contribution in [0.5, 0.6) is 0 Å². The van der Waals surface area contributed by atoms with Crippen LogP contribution in [-0.4, -0.2) is 18.5 Å². The smallest absolute Gasteiger partial charge is 0.263 e. The van der Waals surface area contributed by atoms with E-state index < -0.39 is 0 Å². The molecule has 98 valence electrons. The van der Waals surface area contributed by atoms with Crippen LogP contribution in [0, 0.1) is 0 Å². The van der Waals surface area contributed by atoms with Crippen LogP contribution in [-0.2, 0) is 0 Å². The number of amides is 1. The zero-order chi connectivity index (χ0) is 12.7. The van der Waals surface area contributed by atoms with Crippen LogP contribution in [0.1, 0.15) is 53.8 Å². The normalized spacial score (nSPS) is 18.7. The Hall–Kier alpha value is -1.23. The number of hydrogen-bond acceptors (Lipinski definition) is 4. The molecule has 1 heterocycles. The summed E-state index contributed by atoms with van der Waals surface area (Å²) in [5, 5.41) is 7.45. The molecule has 0 radical (unpaired) electrons. The predicted octanol–water partition coefficient (Wildman–Crippen LogP) is 2.53. The first kappa shape index (κ1) is 11.8. The van der Waals surface area contributed by atoms with Crippen molar-refractivity contribution in [3.05, 3.63) is 10.4 Å². The molecule has 1 amide bonds. The fourth-order valence-corrected chi connectivity index (χ4v) is 3.35. The first-order valence-corrected chi connectivity index (χ1v) is 7.49. The van der Waals surface area contributed by atoms with Crippen molar-refractivity contribution in [2.45, 2.75) is 44.6 Å². The number of carbonyl (C=O) groups excluding carboxylic acids is 1. The largest absolute Gasteiger partial charge is 0.397 e. The predicted molar refractivity (Wildman–Crippen MR) is 75.4 cm³/mol. The molecule has 4 N–H and O–H groups in total. The number of anilines is 2. The van der Waals surface area contributed by atoms with Gasteiger partial charge in [0.1, 0.15) is 4.88 Å². The Bertz CT molecular complexity index is 475. The van der Waals surface area contributed by atoms with E-state index in [0.29, 0.717) is 22.5 Å². The second-order valence-corrected chi connectivity index (χ2v) is 6.16. The van der Waals surface area contributed by atoms with Gasteiger partial charge >= 0.3 is 0 Å². The third-order valence-corrected chi connectivity index (χ3v) is 4.60. The molecule has 5 heteroatoms. The molecule has 1 aromatic rings. The molecule has 0 saturated heterocycles. The molecule has 2 saturated carbocycles. The molecule has 1 aromatic heterocycles. The number of nitrogens with two attached hydrogens (primary N) is 1. The van der Waals surface area contributed by atoms with Crippen molar-refractivity contribution in [2.75, 3.05) is 17.6 Å². The van der Waals surface area contributed by atoms with E-state index >= 15 is 0 Å². The zero-order valence-electron chi connectivity index (χ0n) is 10.6. The van der Waals surface area contributed by atoms with Crippen LogP contribution < -0.4 is 16.4 Å². The van der Waals surface area contributed by atoms with Gasteiger partial charge in [-0.1, -0.05) is 0 Å². The summed E-state index contributed by atoms with van der Waals surface area (Å²) in [5.41, 5.74) is 8.07. The molecule has 0 bridgehead atoms. The number of carbonyl (C=O) groups is 1. The van der Waals surface area contributed by atoms with E-state index in [1.807, 2.05) is 0 Å². The van der Waals surface area contributed by atoms with Crippen LogP contribution in [0.3, 0.4) is 0 Å². The van der Waals surface area contributed by atoms with E-state index in [-0.39, 0.29) is 5.91 Å². The van der Waals surface area contributed by atoms with Crippen molar-refractivity contribution in [3.63, 3.8) is 0 Å². The molecule has 2 fully saturated rings. The van der Waals surface area contributed by atoms with Crippen LogP contribution in [0.25, 0.3) is 0 Å². The lowest BCUT2D eigenvalue weighted by atomic mass is 10.1. The van der Waals surface area contributed by atoms with Crippen molar-refractivity contribution >= 4 is 27.9 Å². The van der Waals surface area contributed by atoms with E-state index in [9.17, 15) is 4.79 Å². The van der Waals surface area contributed by atoms with E-state index in [2.05, 4.69) is 17.6 Å². The van der Waals surface area contributed by atoms with Gasteiger partial charge in [-0.2, -0.15) is 0 Å². The molecule has 2 aliphatic rings. The zero-order valence-corrected chi connectivity index (χ0v) is 11.4. The van der Waals surface area contributed by atoms with E-state index in [1.165, 1.54) is 29.7 Å². The fraction of sp³-hybridized carbons (Fsp3) is 0.615. The van der Waals surface area contributed by atoms with Gasteiger partial charge < -0.3 is 16.4 Å². The standard InChI is InChI=1S/C13H19N3OS/c1-2-15-13-9(7-3-4-7)10(14)11(18-13)12(17)16-8-5-6-8/h7-8,15H,2-6,14H2,1H3,(H,16,17). The van der Waals surface area contributed by atoms with Crippen LogP contribution in [0.2, 0.25) is 0 Å². The summed E-state index contributed by atoms with van der Waals surface area (Å²) in [4.78, 5) is 12.8. The summed E-state index contributed by atoms with van der Waals surface area (Å²) in [5.74, 6) is 0.573. The molecule has 0 aromatic carbocycles. The molecule has 3 rings (SSSR count). The average Bonchev–Trinajstić information content (AvgIpc) is 3.21. The summed E-state index contributed by atoms with van der Waals surface area (Å²) in [6, 6.07) is 0.381. The molecule has 0 atom stereocenters. The highest BCUT2D eigenvalue weighted by Gasteiger charge is 2.33. The Balaban J connectivity index is 1.88. The lowest BCUT2D eigenvalue weighted by molar-refractivity contribution is 0.0956. The molecule has 0 unspecified atom stereocenters. The molecular formula is C13H19N3OS. The van der Waals surface area contributed by atoms with Crippen LogP contribution in [0.15, 0.2) is 0 Å². The topological polar surface area (TPSA) is 67.2 Å². The summed E-state index contributed by atoms with van der Waals surface area (Å²) < 4.78 is 0. The van der Waals surface area contributed by atoms with Crippen LogP contribution >= 0.6 is 11.3 Å². The first-order valence-electron chi connectivity index (χ1n) is 6.67. The number of nitrogen functional groups attached to an aromatic ring is 1.